The molecular weight excluding hydrogens is 386 g/mol. The molecule has 0 bridgehead atoms. The molecule has 0 aliphatic carbocycles. The highest BCUT2D eigenvalue weighted by molar-refractivity contribution is 7.91. The number of hydrogen-bond acceptors (Lipinski definition) is 5. The predicted molar refractivity (Wildman–Crippen MR) is 117 cm³/mol. The second-order valence-corrected chi connectivity index (χ2v) is 9.77. The van der Waals surface area contributed by atoms with Crippen LogP contribution in [-0.2, 0) is 9.84 Å². The van der Waals surface area contributed by atoms with Crippen LogP contribution in [0.4, 0.5) is 11.4 Å². The second kappa shape index (κ2) is 8.66. The minimum Gasteiger partial charge on any atom is -0.493 e. The van der Waals surface area contributed by atoms with Crippen molar-refractivity contribution >= 4 is 21.2 Å². The summed E-state index contributed by atoms with van der Waals surface area (Å²) < 4.78 is 38.0. The largest absolute Gasteiger partial charge is 0.493 e. The van der Waals surface area contributed by atoms with Gasteiger partial charge in [-0.3, -0.25) is 0 Å². The number of rotatable bonds is 7. The van der Waals surface area contributed by atoms with Gasteiger partial charge in [-0.1, -0.05) is 44.9 Å². The Morgan fingerprint density at radius 3 is 2.28 bits per heavy atom. The molecule has 0 spiro atoms. The van der Waals surface area contributed by atoms with Gasteiger partial charge in [0.1, 0.15) is 0 Å². The van der Waals surface area contributed by atoms with Gasteiger partial charge in [0.05, 0.1) is 30.6 Å². The quantitative estimate of drug-likeness (QED) is 0.618. The fourth-order valence-corrected chi connectivity index (χ4v) is 6.36. The standard InChI is InChI=1S/C23H31NO4S/c1-5-7-13-23(6-2)16-24(18-11-9-8-10-12-18)19-14-20(27-3)21(28-4)15-22(19)29(25,26)17-23/h8-12,14-15H,5-7,13,16-17H2,1-4H3. The van der Waals surface area contributed by atoms with Crippen molar-refractivity contribution in [2.75, 3.05) is 31.4 Å². The molecule has 1 atom stereocenters. The van der Waals surface area contributed by atoms with Crippen molar-refractivity contribution in [1.29, 1.82) is 0 Å². The first-order chi connectivity index (χ1) is 13.9. The van der Waals surface area contributed by atoms with Crippen LogP contribution in [0.5, 0.6) is 11.5 Å². The van der Waals surface area contributed by atoms with Crippen molar-refractivity contribution in [3.05, 3.63) is 42.5 Å². The molecule has 1 heterocycles. The average molecular weight is 418 g/mol. The van der Waals surface area contributed by atoms with E-state index in [0.29, 0.717) is 28.6 Å². The molecule has 0 fully saturated rings. The number of ether oxygens (including phenoxy) is 2. The van der Waals surface area contributed by atoms with E-state index in [4.69, 9.17) is 9.47 Å². The van der Waals surface area contributed by atoms with Crippen LogP contribution in [0.1, 0.15) is 39.5 Å². The summed E-state index contributed by atoms with van der Waals surface area (Å²) in [6.45, 7) is 4.90. The molecule has 0 radical (unpaired) electrons. The summed E-state index contributed by atoms with van der Waals surface area (Å²) in [6, 6.07) is 13.4. The lowest BCUT2D eigenvalue weighted by Crippen LogP contribution is -2.37. The SMILES string of the molecule is CCCCC1(CC)CN(c2ccccc2)c2cc(OC)c(OC)cc2S(=O)(=O)C1. The Balaban J connectivity index is 2.27. The lowest BCUT2D eigenvalue weighted by atomic mass is 9.81. The van der Waals surface area contributed by atoms with Crippen molar-refractivity contribution in [3.8, 4) is 11.5 Å². The Kier molecular flexibility index (Phi) is 6.42. The zero-order chi connectivity index (χ0) is 21.1. The van der Waals surface area contributed by atoms with E-state index in [9.17, 15) is 8.42 Å². The second-order valence-electron chi connectivity index (χ2n) is 7.81. The summed E-state index contributed by atoms with van der Waals surface area (Å²) in [6.07, 6.45) is 3.74. The van der Waals surface area contributed by atoms with E-state index in [2.05, 4.69) is 18.7 Å². The molecule has 1 aliphatic rings. The van der Waals surface area contributed by atoms with Gasteiger partial charge in [0.15, 0.2) is 21.3 Å². The molecule has 5 nitrogen and oxygen atoms in total. The maximum Gasteiger partial charge on any atom is 0.181 e. The van der Waals surface area contributed by atoms with Gasteiger partial charge in [-0.25, -0.2) is 8.42 Å². The third kappa shape index (κ3) is 4.22. The summed E-state index contributed by atoms with van der Waals surface area (Å²) >= 11 is 0. The van der Waals surface area contributed by atoms with Gasteiger partial charge in [-0.05, 0) is 25.0 Å². The van der Waals surface area contributed by atoms with E-state index in [1.165, 1.54) is 7.11 Å². The lowest BCUT2D eigenvalue weighted by Gasteiger charge is -2.36. The Morgan fingerprint density at radius 2 is 1.69 bits per heavy atom. The molecule has 2 aromatic rings. The van der Waals surface area contributed by atoms with Crippen LogP contribution in [0.2, 0.25) is 0 Å². The first kappa shape index (κ1) is 21.5. The zero-order valence-electron chi connectivity index (χ0n) is 17.8. The van der Waals surface area contributed by atoms with Gasteiger partial charge in [0.2, 0.25) is 0 Å². The number of benzene rings is 2. The minimum absolute atomic E-state index is 0.141. The summed E-state index contributed by atoms with van der Waals surface area (Å²) in [5.41, 5.74) is 1.32. The average Bonchev–Trinajstić information content (AvgIpc) is 2.84. The number of hydrogen-bond donors (Lipinski definition) is 0. The number of unbranched alkanes of at least 4 members (excludes halogenated alkanes) is 1. The van der Waals surface area contributed by atoms with Crippen LogP contribution >= 0.6 is 0 Å². The number of fused-ring (bicyclic) bond motifs is 1. The highest BCUT2D eigenvalue weighted by Crippen LogP contribution is 2.47. The van der Waals surface area contributed by atoms with Gasteiger partial charge >= 0.3 is 0 Å². The van der Waals surface area contributed by atoms with Crippen LogP contribution in [-0.4, -0.2) is 34.9 Å². The van der Waals surface area contributed by atoms with Gasteiger partial charge in [-0.2, -0.15) is 0 Å². The van der Waals surface area contributed by atoms with Crippen LogP contribution in [0, 0.1) is 5.41 Å². The third-order valence-corrected chi connectivity index (χ3v) is 7.95. The predicted octanol–water partition coefficient (Wildman–Crippen LogP) is 5.22. The molecule has 6 heteroatoms. The van der Waals surface area contributed by atoms with E-state index < -0.39 is 9.84 Å². The molecule has 0 N–H and O–H groups in total. The normalized spacial score (nSPS) is 20.6. The molecule has 158 valence electrons. The molecule has 2 aromatic carbocycles. The lowest BCUT2D eigenvalue weighted by molar-refractivity contribution is 0.290. The smallest absolute Gasteiger partial charge is 0.181 e. The Bertz CT molecular complexity index is 943. The van der Waals surface area contributed by atoms with Crippen molar-refractivity contribution in [1.82, 2.24) is 0 Å². The molecule has 0 saturated heterocycles. The topological polar surface area (TPSA) is 55.8 Å². The number of sulfone groups is 1. The van der Waals surface area contributed by atoms with Gasteiger partial charge in [-0.15, -0.1) is 0 Å². The summed E-state index contributed by atoms with van der Waals surface area (Å²) in [5, 5.41) is 0. The van der Waals surface area contributed by atoms with Gasteiger partial charge in [0.25, 0.3) is 0 Å². The van der Waals surface area contributed by atoms with Crippen molar-refractivity contribution < 1.29 is 17.9 Å². The van der Waals surface area contributed by atoms with Gasteiger partial charge in [0, 0.05) is 29.8 Å². The summed E-state index contributed by atoms with van der Waals surface area (Å²) in [7, 11) is -0.407. The number of methoxy groups -OCH3 is 2. The van der Waals surface area contributed by atoms with Gasteiger partial charge < -0.3 is 14.4 Å². The summed E-state index contributed by atoms with van der Waals surface area (Å²) in [4.78, 5) is 2.45. The third-order valence-electron chi connectivity index (χ3n) is 5.96. The molecular formula is C23H31NO4S. The highest BCUT2D eigenvalue weighted by Gasteiger charge is 2.42. The van der Waals surface area contributed by atoms with E-state index in [-0.39, 0.29) is 11.2 Å². The minimum atomic E-state index is -3.50. The monoisotopic (exact) mass is 417 g/mol. The van der Waals surface area contributed by atoms with Crippen molar-refractivity contribution in [2.24, 2.45) is 5.41 Å². The highest BCUT2D eigenvalue weighted by atomic mass is 32.2. The number of para-hydroxylation sites is 1. The first-order valence-corrected chi connectivity index (χ1v) is 11.9. The Hall–Kier alpha value is -2.21. The molecule has 3 rings (SSSR count). The van der Waals surface area contributed by atoms with E-state index >= 15 is 0 Å². The van der Waals surface area contributed by atoms with Crippen LogP contribution in [0.3, 0.4) is 0 Å². The van der Waals surface area contributed by atoms with Crippen LogP contribution < -0.4 is 14.4 Å². The molecule has 29 heavy (non-hydrogen) atoms. The summed E-state index contributed by atoms with van der Waals surface area (Å²) in [5.74, 6) is 1.10. The zero-order valence-corrected chi connectivity index (χ0v) is 18.6. The van der Waals surface area contributed by atoms with E-state index in [1.54, 1.807) is 19.2 Å². The van der Waals surface area contributed by atoms with Crippen LogP contribution in [0.25, 0.3) is 0 Å². The number of anilines is 2. The van der Waals surface area contributed by atoms with Crippen molar-refractivity contribution in [2.45, 2.75) is 44.4 Å². The molecule has 1 unspecified atom stereocenters. The van der Waals surface area contributed by atoms with E-state index in [1.807, 2.05) is 30.3 Å². The van der Waals surface area contributed by atoms with Crippen molar-refractivity contribution in [3.63, 3.8) is 0 Å². The first-order valence-electron chi connectivity index (χ1n) is 10.2. The molecule has 1 aliphatic heterocycles. The maximum atomic E-state index is 13.6. The molecule has 0 saturated carbocycles. The fourth-order valence-electron chi connectivity index (χ4n) is 4.19. The Morgan fingerprint density at radius 1 is 1.03 bits per heavy atom. The molecule has 0 amide bonds. The van der Waals surface area contributed by atoms with Crippen LogP contribution in [0.15, 0.2) is 47.4 Å². The number of nitrogens with zero attached hydrogens (tertiary/aromatic N) is 1. The maximum absolute atomic E-state index is 13.6. The Labute approximate surface area is 174 Å². The van der Waals surface area contributed by atoms with E-state index in [0.717, 1.165) is 31.4 Å². The molecule has 0 aromatic heterocycles. The fraction of sp³-hybridized carbons (Fsp3) is 0.478.